The SMILES string of the molecule is C=CC12C(=O)C(/C=C(/CO)C(C)(O)CC1(O)C(C)OC(=O)/C(N=C(C)C)=C(\C)C1CC1)C(C)(C)C(C)C[C@H]2C.CC. The van der Waals surface area contributed by atoms with Crippen LogP contribution in [0, 0.1) is 34.5 Å². The molecule has 3 rings (SSSR count). The number of carbonyl (C=O) groups excluding carboxylic acids is 2. The third-order valence-corrected chi connectivity index (χ3v) is 10.2. The minimum absolute atomic E-state index is 0.0715. The molecule has 0 aliphatic heterocycles. The van der Waals surface area contributed by atoms with Crippen LogP contribution in [-0.2, 0) is 14.3 Å². The van der Waals surface area contributed by atoms with Gasteiger partial charge in [-0.2, -0.15) is 0 Å². The van der Waals surface area contributed by atoms with Crippen LogP contribution >= 0.6 is 0 Å². The number of aliphatic hydroxyl groups is 3. The van der Waals surface area contributed by atoms with Crippen LogP contribution in [0.15, 0.2) is 40.6 Å². The zero-order valence-electron chi connectivity index (χ0n) is 27.3. The number of aliphatic hydroxyl groups excluding tert-OH is 1. The molecule has 2 fully saturated rings. The van der Waals surface area contributed by atoms with Gasteiger partial charge in [0.2, 0.25) is 0 Å². The summed E-state index contributed by atoms with van der Waals surface area (Å²) in [4.78, 5) is 32.8. The molecule has 2 bridgehead atoms. The normalized spacial score (nSPS) is 37.4. The van der Waals surface area contributed by atoms with Gasteiger partial charge in [-0.3, -0.25) is 9.79 Å². The van der Waals surface area contributed by atoms with E-state index in [0.717, 1.165) is 18.4 Å². The molecular weight excluding hydrogens is 518 g/mol. The monoisotopic (exact) mass is 573 g/mol. The third kappa shape index (κ3) is 6.18. The molecule has 0 radical (unpaired) electrons. The Balaban J connectivity index is 0.00000287. The quantitative estimate of drug-likeness (QED) is 0.149. The number of Topliss-reactive ketones (excluding diaryl/α,β-unsaturated/α-hetero) is 1. The molecule has 0 amide bonds. The molecule has 232 valence electrons. The maximum atomic E-state index is 14.7. The second kappa shape index (κ2) is 12.6. The van der Waals surface area contributed by atoms with Crippen molar-refractivity contribution in [2.75, 3.05) is 6.61 Å². The number of carbonyl (C=O) groups is 2. The highest BCUT2D eigenvalue weighted by molar-refractivity contribution is 5.95. The molecular formula is C34H55NO6. The van der Waals surface area contributed by atoms with Crippen molar-refractivity contribution in [2.24, 2.45) is 39.5 Å². The fraction of sp³-hybridized carbons (Fsp3) is 0.735. The summed E-state index contributed by atoms with van der Waals surface area (Å²) < 4.78 is 6.00. The predicted molar refractivity (Wildman–Crippen MR) is 164 cm³/mol. The Labute approximate surface area is 247 Å². The number of aliphatic imine (C=N–C) groups is 1. The van der Waals surface area contributed by atoms with Crippen molar-refractivity contribution in [1.82, 2.24) is 0 Å². The fourth-order valence-corrected chi connectivity index (χ4v) is 6.98. The lowest BCUT2D eigenvalue weighted by Crippen LogP contribution is -2.66. The van der Waals surface area contributed by atoms with Gasteiger partial charge in [-0.1, -0.05) is 53.7 Å². The van der Waals surface area contributed by atoms with E-state index in [-0.39, 0.29) is 41.2 Å². The van der Waals surface area contributed by atoms with Gasteiger partial charge in [-0.15, -0.1) is 6.58 Å². The number of nitrogens with zero attached hydrogens (tertiary/aromatic N) is 1. The van der Waals surface area contributed by atoms with Gasteiger partial charge in [-0.05, 0) is 88.2 Å². The zero-order valence-corrected chi connectivity index (χ0v) is 27.3. The molecule has 0 spiro atoms. The van der Waals surface area contributed by atoms with Gasteiger partial charge in [0.1, 0.15) is 17.4 Å². The van der Waals surface area contributed by atoms with Gasteiger partial charge in [0.05, 0.1) is 17.6 Å². The first-order valence-corrected chi connectivity index (χ1v) is 15.3. The molecule has 2 saturated carbocycles. The maximum Gasteiger partial charge on any atom is 0.357 e. The van der Waals surface area contributed by atoms with Gasteiger partial charge in [0.25, 0.3) is 0 Å². The van der Waals surface area contributed by atoms with Gasteiger partial charge in [-0.25, -0.2) is 4.79 Å². The summed E-state index contributed by atoms with van der Waals surface area (Å²) >= 11 is 0. The molecule has 0 heterocycles. The number of fused-ring (bicyclic) bond motifs is 2. The van der Waals surface area contributed by atoms with E-state index in [1.165, 1.54) is 13.0 Å². The van der Waals surface area contributed by atoms with Crippen LogP contribution in [-0.4, -0.2) is 56.7 Å². The van der Waals surface area contributed by atoms with Crippen molar-refractivity contribution < 1.29 is 29.6 Å². The molecule has 0 aromatic heterocycles. The lowest BCUT2D eigenvalue weighted by atomic mass is 9.53. The number of hydrogen-bond acceptors (Lipinski definition) is 7. The Morgan fingerprint density at radius 1 is 1.15 bits per heavy atom. The van der Waals surface area contributed by atoms with Crippen LogP contribution < -0.4 is 0 Å². The molecule has 0 aromatic rings. The summed E-state index contributed by atoms with van der Waals surface area (Å²) in [5.74, 6) is -1.63. The van der Waals surface area contributed by atoms with Crippen LogP contribution in [0.1, 0.15) is 102 Å². The molecule has 6 unspecified atom stereocenters. The average Bonchev–Trinajstić information content (AvgIpc) is 3.73. The summed E-state index contributed by atoms with van der Waals surface area (Å²) in [5.41, 5.74) is -3.72. The van der Waals surface area contributed by atoms with Gasteiger partial charge in [0, 0.05) is 18.1 Å². The summed E-state index contributed by atoms with van der Waals surface area (Å²) in [7, 11) is 0. The van der Waals surface area contributed by atoms with Crippen molar-refractivity contribution in [3.8, 4) is 0 Å². The van der Waals surface area contributed by atoms with Crippen molar-refractivity contribution in [1.29, 1.82) is 0 Å². The molecule has 7 atom stereocenters. The lowest BCUT2D eigenvalue weighted by Gasteiger charge is -2.54. The van der Waals surface area contributed by atoms with E-state index in [9.17, 15) is 24.9 Å². The summed E-state index contributed by atoms with van der Waals surface area (Å²) in [6, 6.07) is 0. The van der Waals surface area contributed by atoms with Crippen LogP contribution in [0.25, 0.3) is 0 Å². The van der Waals surface area contributed by atoms with E-state index in [0.29, 0.717) is 12.1 Å². The average molecular weight is 574 g/mol. The molecule has 0 aromatic carbocycles. The largest absolute Gasteiger partial charge is 0.455 e. The summed E-state index contributed by atoms with van der Waals surface area (Å²) in [6.45, 7) is 24.2. The second-order valence-corrected chi connectivity index (χ2v) is 13.4. The van der Waals surface area contributed by atoms with Crippen LogP contribution in [0.2, 0.25) is 0 Å². The summed E-state index contributed by atoms with van der Waals surface area (Å²) in [6.07, 6.45) is 4.26. The molecule has 41 heavy (non-hydrogen) atoms. The van der Waals surface area contributed by atoms with E-state index in [4.69, 9.17) is 4.74 Å². The molecule has 3 aliphatic carbocycles. The van der Waals surface area contributed by atoms with Crippen molar-refractivity contribution in [3.63, 3.8) is 0 Å². The van der Waals surface area contributed by atoms with E-state index in [2.05, 4.69) is 18.5 Å². The van der Waals surface area contributed by atoms with Gasteiger partial charge < -0.3 is 20.1 Å². The molecule has 3 aliphatic rings. The first kappa shape index (κ1) is 35.1. The number of esters is 1. The molecule has 0 saturated heterocycles. The molecule has 7 heteroatoms. The fourth-order valence-electron chi connectivity index (χ4n) is 6.98. The van der Waals surface area contributed by atoms with Crippen LogP contribution in [0.5, 0.6) is 0 Å². The maximum absolute atomic E-state index is 14.7. The van der Waals surface area contributed by atoms with E-state index in [1.807, 2.05) is 41.5 Å². The Bertz CT molecular complexity index is 1110. The topological polar surface area (TPSA) is 116 Å². The standard InChI is InChI=1S/C32H49NO6.C2H6/c1-11-31-20(5)14-19(4)29(8,9)25(27(31)35)15-24(16-34)30(10,37)17-32(31,38)22(7)39-28(36)26(33-18(2)3)21(6)23-12-13-23;1-2/h11,15,19-20,22-23,25,34,37-38H,1,12-14,16-17H2,2-10H3;1-2H3/b24-15-,26-21-;/t19?,20-,22?,25?,30?,31?,32?;/m1./s1. The molecule has 3 N–H and O–H groups in total. The van der Waals surface area contributed by atoms with E-state index >= 15 is 0 Å². The number of ether oxygens (including phenoxy) is 1. The Hall–Kier alpha value is -2.09. The minimum Gasteiger partial charge on any atom is -0.455 e. The van der Waals surface area contributed by atoms with Gasteiger partial charge >= 0.3 is 5.97 Å². The highest BCUT2D eigenvalue weighted by Gasteiger charge is 2.67. The first-order chi connectivity index (χ1) is 18.9. The Morgan fingerprint density at radius 2 is 1.71 bits per heavy atom. The van der Waals surface area contributed by atoms with E-state index < -0.39 is 46.6 Å². The minimum atomic E-state index is -2.03. The Morgan fingerprint density at radius 3 is 2.17 bits per heavy atom. The first-order valence-electron chi connectivity index (χ1n) is 15.3. The van der Waals surface area contributed by atoms with Crippen molar-refractivity contribution in [3.05, 3.63) is 35.6 Å². The third-order valence-electron chi connectivity index (χ3n) is 10.2. The second-order valence-electron chi connectivity index (χ2n) is 13.4. The van der Waals surface area contributed by atoms with E-state index in [1.54, 1.807) is 26.8 Å². The number of ketones is 1. The predicted octanol–water partition coefficient (Wildman–Crippen LogP) is 5.97. The highest BCUT2D eigenvalue weighted by atomic mass is 16.6. The smallest absolute Gasteiger partial charge is 0.357 e. The lowest BCUT2D eigenvalue weighted by molar-refractivity contribution is -0.203. The number of allylic oxidation sites excluding steroid dienone is 2. The zero-order chi connectivity index (χ0) is 31.7. The van der Waals surface area contributed by atoms with Crippen LogP contribution in [0.3, 0.4) is 0 Å². The number of rotatable bonds is 7. The van der Waals surface area contributed by atoms with Crippen molar-refractivity contribution >= 4 is 17.5 Å². The summed E-state index contributed by atoms with van der Waals surface area (Å²) in [5, 5.41) is 34.8. The van der Waals surface area contributed by atoms with Crippen LogP contribution in [0.4, 0.5) is 0 Å². The van der Waals surface area contributed by atoms with Crippen molar-refractivity contribution in [2.45, 2.75) is 119 Å². The van der Waals surface area contributed by atoms with Gasteiger partial charge in [0.15, 0.2) is 5.78 Å². The highest BCUT2D eigenvalue weighted by Crippen LogP contribution is 2.59. The Kier molecular flexibility index (Phi) is 10.8. The molecule has 7 nitrogen and oxygen atoms in total. The number of hydrogen-bond donors (Lipinski definition) is 3.